The van der Waals surface area contributed by atoms with Crippen molar-refractivity contribution in [1.29, 1.82) is 0 Å². The second-order valence-electron chi connectivity index (χ2n) is 11.4. The van der Waals surface area contributed by atoms with E-state index in [9.17, 15) is 19.5 Å². The maximum absolute atomic E-state index is 13.9. The van der Waals surface area contributed by atoms with E-state index >= 15 is 0 Å². The molecule has 9 heteroatoms. The Morgan fingerprint density at radius 2 is 1.85 bits per heavy atom. The van der Waals surface area contributed by atoms with E-state index in [1.54, 1.807) is 0 Å². The number of fused-ring (bicyclic) bond motifs is 1. The van der Waals surface area contributed by atoms with Gasteiger partial charge in [0.1, 0.15) is 12.1 Å². The molecule has 0 radical (unpaired) electrons. The number of carbonyl (C=O) groups excluding carboxylic acids is 3. The molecule has 3 aliphatic rings. The smallest absolute Gasteiger partial charge is 0.254 e. The van der Waals surface area contributed by atoms with Crippen molar-refractivity contribution in [2.75, 3.05) is 11.2 Å². The summed E-state index contributed by atoms with van der Waals surface area (Å²) in [5, 5.41) is 20.8. The molecule has 1 saturated heterocycles. The number of thioether (sulfide) groups is 1. The van der Waals surface area contributed by atoms with Crippen LogP contribution in [-0.4, -0.2) is 68.6 Å². The van der Waals surface area contributed by atoms with Crippen LogP contribution in [0.3, 0.4) is 0 Å². The normalized spacial score (nSPS) is 24.5. The fourth-order valence-electron chi connectivity index (χ4n) is 5.80. The number of carbonyl (C=O) groups is 3. The zero-order valence-electron chi connectivity index (χ0n) is 23.0. The molecule has 2 aromatic rings. The van der Waals surface area contributed by atoms with Gasteiger partial charge in [-0.1, -0.05) is 60.7 Å². The number of anilines is 1. The predicted octanol–water partition coefficient (Wildman–Crippen LogP) is 3.02. The van der Waals surface area contributed by atoms with Crippen LogP contribution in [0.25, 0.3) is 0 Å². The Morgan fingerprint density at radius 3 is 2.58 bits per heavy atom. The molecule has 1 unspecified atom stereocenters. The topological polar surface area (TPSA) is 111 Å². The van der Waals surface area contributed by atoms with E-state index in [1.165, 1.54) is 16.7 Å². The van der Waals surface area contributed by atoms with Crippen LogP contribution in [0.5, 0.6) is 0 Å². The Bertz CT molecular complexity index is 1240. The summed E-state index contributed by atoms with van der Waals surface area (Å²) < 4.78 is -0.532. The molecule has 212 valence electrons. The number of nitrogens with one attached hydrogen (secondary N) is 3. The summed E-state index contributed by atoms with van der Waals surface area (Å²) in [6, 6.07) is 15.1. The van der Waals surface area contributed by atoms with Gasteiger partial charge in [-0.25, -0.2) is 0 Å². The number of para-hydroxylation sites is 1. The third-order valence-corrected chi connectivity index (χ3v) is 9.38. The quantitative estimate of drug-likeness (QED) is 0.368. The van der Waals surface area contributed by atoms with Crippen LogP contribution in [0.15, 0.2) is 66.7 Å². The van der Waals surface area contributed by atoms with Crippen LogP contribution in [0.2, 0.25) is 0 Å². The zero-order chi connectivity index (χ0) is 28.3. The molecule has 8 nitrogen and oxygen atoms in total. The number of aliphatic hydroxyl groups excluding tert-OH is 1. The lowest BCUT2D eigenvalue weighted by Crippen LogP contribution is -2.60. The number of hydrogen-bond donors (Lipinski definition) is 4. The highest BCUT2D eigenvalue weighted by Crippen LogP contribution is 2.40. The third-order valence-electron chi connectivity index (χ3n) is 8.01. The standard InChI is InChI=1S/C31H38N4O4S/c1-31(2)27(29(38)32-22-14-7-4-8-15-22)35(19-40-31)30(39)26(36)24(17-20-11-5-3-6-12-20)34-28(37)25-18-21-13-9-10-16-23(21)33-25/h3,5-7,9-14,16,22,24-27,33,36H,4,8,15,17-19H2,1-2H3,(H,32,38)(H,34,37)/t22-,24+,25?,26+,27-/m1/s1. The maximum Gasteiger partial charge on any atom is 0.254 e. The van der Waals surface area contributed by atoms with Gasteiger partial charge >= 0.3 is 0 Å². The second-order valence-corrected chi connectivity index (χ2v) is 13.0. The number of hydrogen-bond acceptors (Lipinski definition) is 6. The summed E-state index contributed by atoms with van der Waals surface area (Å²) in [5.41, 5.74) is 2.85. The first-order valence-electron chi connectivity index (χ1n) is 14.0. The van der Waals surface area contributed by atoms with Crippen LogP contribution in [0, 0.1) is 0 Å². The van der Waals surface area contributed by atoms with Crippen molar-refractivity contribution in [3.8, 4) is 0 Å². The largest absolute Gasteiger partial charge is 0.381 e. The molecule has 5 atom stereocenters. The maximum atomic E-state index is 13.9. The Kier molecular flexibility index (Phi) is 8.51. The predicted molar refractivity (Wildman–Crippen MR) is 158 cm³/mol. The number of rotatable bonds is 8. The van der Waals surface area contributed by atoms with Gasteiger partial charge < -0.3 is 26.0 Å². The monoisotopic (exact) mass is 562 g/mol. The molecule has 40 heavy (non-hydrogen) atoms. The molecule has 0 spiro atoms. The number of amides is 3. The van der Waals surface area contributed by atoms with Gasteiger partial charge in [0.15, 0.2) is 6.10 Å². The summed E-state index contributed by atoms with van der Waals surface area (Å²) >= 11 is 1.51. The second kappa shape index (κ2) is 12.1. The first-order chi connectivity index (χ1) is 19.2. The minimum atomic E-state index is -1.52. The average molecular weight is 563 g/mol. The highest BCUT2D eigenvalue weighted by molar-refractivity contribution is 8.00. The van der Waals surface area contributed by atoms with Gasteiger partial charge in [0.05, 0.1) is 11.9 Å². The number of benzene rings is 2. The van der Waals surface area contributed by atoms with E-state index in [-0.39, 0.29) is 30.2 Å². The highest BCUT2D eigenvalue weighted by atomic mass is 32.2. The van der Waals surface area contributed by atoms with Crippen molar-refractivity contribution in [3.63, 3.8) is 0 Å². The third kappa shape index (κ3) is 6.20. The molecule has 0 aromatic heterocycles. The van der Waals surface area contributed by atoms with E-state index in [0.29, 0.717) is 6.42 Å². The van der Waals surface area contributed by atoms with Crippen LogP contribution in [-0.2, 0) is 27.2 Å². The van der Waals surface area contributed by atoms with Crippen molar-refractivity contribution in [2.45, 2.75) is 81.0 Å². The number of aliphatic hydroxyl groups is 1. The van der Waals surface area contributed by atoms with Crippen molar-refractivity contribution < 1.29 is 19.5 Å². The highest BCUT2D eigenvalue weighted by Gasteiger charge is 2.50. The molecule has 2 aromatic carbocycles. The molecule has 0 saturated carbocycles. The Labute approximate surface area is 240 Å². The lowest BCUT2D eigenvalue weighted by molar-refractivity contribution is -0.148. The Balaban J connectivity index is 1.33. The SMILES string of the molecule is CC1(C)SCN(C(=O)[C@@H](O)[C@H](Cc2ccccc2)NC(=O)C2Cc3ccccc3N2)[C@@H]1C(=O)N[C@@H]1C=CCCC1. The molecular weight excluding hydrogens is 524 g/mol. The van der Waals surface area contributed by atoms with Crippen molar-refractivity contribution in [1.82, 2.24) is 15.5 Å². The molecule has 1 aliphatic carbocycles. The molecular formula is C31H38N4O4S. The number of allylic oxidation sites excluding steroid dienone is 1. The van der Waals surface area contributed by atoms with Crippen molar-refractivity contribution in [3.05, 3.63) is 77.9 Å². The summed E-state index contributed by atoms with van der Waals surface area (Å²) in [4.78, 5) is 42.2. The van der Waals surface area contributed by atoms with Gasteiger partial charge in [0.25, 0.3) is 5.91 Å². The Morgan fingerprint density at radius 1 is 1.10 bits per heavy atom. The van der Waals surface area contributed by atoms with Gasteiger partial charge in [-0.2, -0.15) is 0 Å². The van der Waals surface area contributed by atoms with Gasteiger partial charge in [-0.15, -0.1) is 11.8 Å². The fourth-order valence-corrected chi connectivity index (χ4v) is 6.94. The first-order valence-corrected chi connectivity index (χ1v) is 15.0. The van der Waals surface area contributed by atoms with Gasteiger partial charge in [-0.05, 0) is 56.7 Å². The Hall–Kier alpha value is -3.30. The molecule has 2 aliphatic heterocycles. The average Bonchev–Trinajstić information content (AvgIpc) is 3.53. The van der Waals surface area contributed by atoms with Crippen molar-refractivity contribution in [2.24, 2.45) is 0 Å². The lowest BCUT2D eigenvalue weighted by atomic mass is 9.96. The van der Waals surface area contributed by atoms with Gasteiger partial charge in [-0.3, -0.25) is 14.4 Å². The molecule has 3 amide bonds. The molecule has 4 N–H and O–H groups in total. The molecule has 5 rings (SSSR count). The minimum absolute atomic E-state index is 0.0577. The van der Waals surface area contributed by atoms with E-state index in [2.05, 4.69) is 22.0 Å². The van der Waals surface area contributed by atoms with E-state index in [1.807, 2.05) is 74.5 Å². The summed E-state index contributed by atoms with van der Waals surface area (Å²) in [6.45, 7) is 3.90. The molecule has 2 heterocycles. The van der Waals surface area contributed by atoms with E-state index in [0.717, 1.165) is 36.1 Å². The van der Waals surface area contributed by atoms with Crippen LogP contribution in [0.1, 0.15) is 44.2 Å². The lowest BCUT2D eigenvalue weighted by Gasteiger charge is -2.34. The zero-order valence-corrected chi connectivity index (χ0v) is 23.8. The number of nitrogens with zero attached hydrogens (tertiary/aromatic N) is 1. The fraction of sp³-hybridized carbons (Fsp3) is 0.452. The van der Waals surface area contributed by atoms with E-state index in [4.69, 9.17) is 0 Å². The van der Waals surface area contributed by atoms with Crippen molar-refractivity contribution >= 4 is 35.2 Å². The summed E-state index contributed by atoms with van der Waals surface area (Å²) in [5.74, 6) is -0.768. The molecule has 0 bridgehead atoms. The summed E-state index contributed by atoms with van der Waals surface area (Å²) in [6.07, 6.45) is 6.24. The van der Waals surface area contributed by atoms with Gasteiger partial charge in [0, 0.05) is 22.9 Å². The van der Waals surface area contributed by atoms with Crippen LogP contribution in [0.4, 0.5) is 5.69 Å². The van der Waals surface area contributed by atoms with Gasteiger partial charge in [0.2, 0.25) is 11.8 Å². The molecule has 1 fully saturated rings. The van der Waals surface area contributed by atoms with Crippen LogP contribution < -0.4 is 16.0 Å². The van der Waals surface area contributed by atoms with E-state index < -0.39 is 34.9 Å². The minimum Gasteiger partial charge on any atom is -0.381 e. The van der Waals surface area contributed by atoms with Crippen LogP contribution >= 0.6 is 11.8 Å². The first kappa shape index (κ1) is 28.2. The summed E-state index contributed by atoms with van der Waals surface area (Å²) in [7, 11) is 0.